The Kier molecular flexibility index (Phi) is 3.62. The lowest BCUT2D eigenvalue weighted by molar-refractivity contribution is -0.125. The van der Waals surface area contributed by atoms with Crippen LogP contribution in [0.25, 0.3) is 0 Å². The predicted molar refractivity (Wildman–Crippen MR) is 60.5 cm³/mol. The van der Waals surface area contributed by atoms with Crippen LogP contribution >= 0.6 is 0 Å². The molecule has 15 heavy (non-hydrogen) atoms. The molecule has 1 aliphatic carbocycles. The van der Waals surface area contributed by atoms with E-state index in [0.717, 1.165) is 25.4 Å². The largest absolute Gasteiger partial charge is 0.353 e. The third-order valence-corrected chi connectivity index (χ3v) is 3.91. The van der Waals surface area contributed by atoms with E-state index in [1.165, 1.54) is 25.7 Å². The van der Waals surface area contributed by atoms with Crippen LogP contribution in [0.3, 0.4) is 0 Å². The van der Waals surface area contributed by atoms with Crippen LogP contribution in [0.5, 0.6) is 0 Å². The monoisotopic (exact) mass is 210 g/mol. The summed E-state index contributed by atoms with van der Waals surface area (Å²) in [5.74, 6) is 1.21. The van der Waals surface area contributed by atoms with Gasteiger partial charge in [0.2, 0.25) is 5.91 Å². The summed E-state index contributed by atoms with van der Waals surface area (Å²) < 4.78 is 0. The van der Waals surface area contributed by atoms with Gasteiger partial charge >= 0.3 is 0 Å². The molecule has 2 atom stereocenters. The number of hydrogen-bond donors (Lipinski definition) is 2. The quantitative estimate of drug-likeness (QED) is 0.737. The smallest absolute Gasteiger partial charge is 0.224 e. The molecular formula is C12H22N2O. The van der Waals surface area contributed by atoms with Crippen molar-refractivity contribution in [3.05, 3.63) is 0 Å². The Labute approximate surface area is 92.0 Å². The Morgan fingerprint density at radius 3 is 2.67 bits per heavy atom. The van der Waals surface area contributed by atoms with Crippen molar-refractivity contribution in [3.63, 3.8) is 0 Å². The molecule has 1 saturated carbocycles. The van der Waals surface area contributed by atoms with E-state index in [-0.39, 0.29) is 11.8 Å². The number of hydrogen-bond acceptors (Lipinski definition) is 2. The lowest BCUT2D eigenvalue weighted by atomic mass is 9.98. The van der Waals surface area contributed by atoms with Crippen molar-refractivity contribution in [2.75, 3.05) is 13.1 Å². The van der Waals surface area contributed by atoms with Crippen molar-refractivity contribution in [3.8, 4) is 0 Å². The molecule has 2 rings (SSSR count). The summed E-state index contributed by atoms with van der Waals surface area (Å²) in [4.78, 5) is 11.9. The van der Waals surface area contributed by atoms with Crippen molar-refractivity contribution in [2.24, 2.45) is 11.8 Å². The van der Waals surface area contributed by atoms with Gasteiger partial charge in [0.25, 0.3) is 0 Å². The maximum absolute atomic E-state index is 11.9. The molecule has 1 unspecified atom stereocenters. The molecule has 1 aliphatic heterocycles. The molecule has 2 N–H and O–H groups in total. The van der Waals surface area contributed by atoms with Crippen LogP contribution in [-0.4, -0.2) is 25.0 Å². The van der Waals surface area contributed by atoms with E-state index >= 15 is 0 Å². The number of rotatable bonds is 3. The van der Waals surface area contributed by atoms with Gasteiger partial charge in [-0.05, 0) is 38.6 Å². The van der Waals surface area contributed by atoms with Crippen molar-refractivity contribution < 1.29 is 4.79 Å². The molecule has 86 valence electrons. The van der Waals surface area contributed by atoms with Gasteiger partial charge in [0, 0.05) is 12.6 Å². The van der Waals surface area contributed by atoms with Crippen molar-refractivity contribution >= 4 is 5.91 Å². The zero-order chi connectivity index (χ0) is 10.7. The summed E-state index contributed by atoms with van der Waals surface area (Å²) in [7, 11) is 0. The second-order valence-electron chi connectivity index (χ2n) is 5.03. The first-order valence-electron chi connectivity index (χ1n) is 6.28. The fourth-order valence-electron chi connectivity index (χ4n) is 2.80. The summed E-state index contributed by atoms with van der Waals surface area (Å²) in [6.07, 6.45) is 6.28. The van der Waals surface area contributed by atoms with Gasteiger partial charge in [-0.15, -0.1) is 0 Å². The highest BCUT2D eigenvalue weighted by molar-refractivity contribution is 5.79. The summed E-state index contributed by atoms with van der Waals surface area (Å²) in [6.45, 7) is 4.02. The Morgan fingerprint density at radius 2 is 2.07 bits per heavy atom. The number of nitrogens with one attached hydrogen (secondary N) is 2. The average molecular weight is 210 g/mol. The molecule has 0 spiro atoms. The van der Waals surface area contributed by atoms with Crippen LogP contribution in [0, 0.1) is 11.8 Å². The Morgan fingerprint density at radius 1 is 1.33 bits per heavy atom. The Bertz CT molecular complexity index is 218. The van der Waals surface area contributed by atoms with Gasteiger partial charge in [-0.25, -0.2) is 0 Å². The average Bonchev–Trinajstić information content (AvgIpc) is 2.91. The molecule has 1 amide bonds. The van der Waals surface area contributed by atoms with Gasteiger partial charge in [0.05, 0.1) is 5.92 Å². The molecule has 3 heteroatoms. The topological polar surface area (TPSA) is 41.1 Å². The van der Waals surface area contributed by atoms with Crippen LogP contribution in [0.15, 0.2) is 0 Å². The lowest BCUT2D eigenvalue weighted by Gasteiger charge is -2.22. The maximum atomic E-state index is 11.9. The molecule has 2 fully saturated rings. The SMILES string of the molecule is CC(NC(=O)[C@H]1CCNC1)C1CCCC1. The van der Waals surface area contributed by atoms with Gasteiger partial charge in [-0.1, -0.05) is 12.8 Å². The zero-order valence-electron chi connectivity index (χ0n) is 9.59. The van der Waals surface area contributed by atoms with Crippen molar-refractivity contribution in [2.45, 2.75) is 45.1 Å². The highest BCUT2D eigenvalue weighted by Gasteiger charge is 2.27. The fourth-order valence-corrected chi connectivity index (χ4v) is 2.80. The summed E-state index contributed by atoms with van der Waals surface area (Å²) in [5.41, 5.74) is 0. The highest BCUT2D eigenvalue weighted by atomic mass is 16.2. The van der Waals surface area contributed by atoms with E-state index in [1.54, 1.807) is 0 Å². The number of carbonyl (C=O) groups excluding carboxylic acids is 1. The van der Waals surface area contributed by atoms with E-state index in [4.69, 9.17) is 0 Å². The molecule has 3 nitrogen and oxygen atoms in total. The van der Waals surface area contributed by atoms with E-state index in [9.17, 15) is 4.79 Å². The van der Waals surface area contributed by atoms with Gasteiger partial charge in [0.15, 0.2) is 0 Å². The molecule has 1 heterocycles. The molecule has 0 radical (unpaired) electrons. The normalized spacial score (nSPS) is 29.3. The van der Waals surface area contributed by atoms with Gasteiger partial charge < -0.3 is 10.6 Å². The first-order valence-corrected chi connectivity index (χ1v) is 6.28. The number of amides is 1. The fraction of sp³-hybridized carbons (Fsp3) is 0.917. The third kappa shape index (κ3) is 2.71. The molecule has 1 saturated heterocycles. The molecule has 2 aliphatic rings. The van der Waals surface area contributed by atoms with Crippen molar-refractivity contribution in [1.82, 2.24) is 10.6 Å². The van der Waals surface area contributed by atoms with Crippen LogP contribution in [0.4, 0.5) is 0 Å². The maximum Gasteiger partial charge on any atom is 0.224 e. The van der Waals surface area contributed by atoms with E-state index in [2.05, 4.69) is 17.6 Å². The Hall–Kier alpha value is -0.570. The third-order valence-electron chi connectivity index (χ3n) is 3.91. The standard InChI is InChI=1S/C12H22N2O/c1-9(10-4-2-3-5-10)14-12(15)11-6-7-13-8-11/h9-11,13H,2-8H2,1H3,(H,14,15)/t9?,11-/m0/s1. The molecule has 0 aromatic carbocycles. The van der Waals surface area contributed by atoms with Gasteiger partial charge in [-0.2, -0.15) is 0 Å². The van der Waals surface area contributed by atoms with Crippen molar-refractivity contribution in [1.29, 1.82) is 0 Å². The number of carbonyl (C=O) groups is 1. The second-order valence-corrected chi connectivity index (χ2v) is 5.03. The first kappa shape index (κ1) is 10.9. The lowest BCUT2D eigenvalue weighted by Crippen LogP contribution is -2.41. The predicted octanol–water partition coefficient (Wildman–Crippen LogP) is 1.29. The molecule has 0 aromatic heterocycles. The van der Waals surface area contributed by atoms with Crippen LogP contribution in [-0.2, 0) is 4.79 Å². The zero-order valence-corrected chi connectivity index (χ0v) is 9.59. The van der Waals surface area contributed by atoms with E-state index in [0.29, 0.717) is 6.04 Å². The highest BCUT2D eigenvalue weighted by Crippen LogP contribution is 2.27. The van der Waals surface area contributed by atoms with E-state index in [1.807, 2.05) is 0 Å². The molecule has 0 aromatic rings. The first-order chi connectivity index (χ1) is 7.27. The van der Waals surface area contributed by atoms with Crippen LogP contribution in [0.2, 0.25) is 0 Å². The van der Waals surface area contributed by atoms with Crippen LogP contribution < -0.4 is 10.6 Å². The summed E-state index contributed by atoms with van der Waals surface area (Å²) in [5, 5.41) is 6.42. The summed E-state index contributed by atoms with van der Waals surface area (Å²) in [6, 6.07) is 0.376. The molecule has 0 bridgehead atoms. The minimum atomic E-state index is 0.217. The summed E-state index contributed by atoms with van der Waals surface area (Å²) >= 11 is 0. The molecular weight excluding hydrogens is 188 g/mol. The minimum absolute atomic E-state index is 0.217. The van der Waals surface area contributed by atoms with Gasteiger partial charge in [0.1, 0.15) is 0 Å². The Balaban J connectivity index is 1.77. The minimum Gasteiger partial charge on any atom is -0.353 e. The second kappa shape index (κ2) is 4.97. The van der Waals surface area contributed by atoms with Gasteiger partial charge in [-0.3, -0.25) is 4.79 Å². The van der Waals surface area contributed by atoms with Crippen LogP contribution in [0.1, 0.15) is 39.0 Å². The van der Waals surface area contributed by atoms with E-state index < -0.39 is 0 Å².